The predicted molar refractivity (Wildman–Crippen MR) is 78.2 cm³/mol. The fourth-order valence-electron chi connectivity index (χ4n) is 2.93. The minimum Gasteiger partial charge on any atom is -0.371 e. The first-order valence-electron chi connectivity index (χ1n) is 7.44. The number of fused-ring (bicyclic) bond motifs is 1. The molecule has 3 rings (SSSR count). The van der Waals surface area contributed by atoms with Crippen LogP contribution in [0.15, 0.2) is 36.4 Å². The van der Waals surface area contributed by atoms with Gasteiger partial charge in [-0.05, 0) is 30.4 Å². The van der Waals surface area contributed by atoms with E-state index in [0.29, 0.717) is 13.2 Å². The number of hydrogen-bond acceptors (Lipinski definition) is 2. The third-order valence-corrected chi connectivity index (χ3v) is 4.18. The number of rotatable bonds is 3. The van der Waals surface area contributed by atoms with Gasteiger partial charge in [-0.25, -0.2) is 0 Å². The van der Waals surface area contributed by atoms with E-state index in [4.69, 9.17) is 4.74 Å². The third-order valence-electron chi connectivity index (χ3n) is 4.18. The van der Waals surface area contributed by atoms with E-state index in [1.54, 1.807) is 0 Å². The molecule has 1 aliphatic carbocycles. The summed E-state index contributed by atoms with van der Waals surface area (Å²) in [6, 6.07) is 8.37. The lowest BCUT2D eigenvalue weighted by molar-refractivity contribution is -0.126. The fraction of sp³-hybridized carbons (Fsp3) is 0.471. The van der Waals surface area contributed by atoms with Gasteiger partial charge >= 0.3 is 0 Å². The zero-order valence-electron chi connectivity index (χ0n) is 11.7. The average Bonchev–Trinajstić information content (AvgIpc) is 2.53. The van der Waals surface area contributed by atoms with Crippen LogP contribution in [0.1, 0.15) is 30.4 Å². The lowest BCUT2D eigenvalue weighted by atomic mass is 9.93. The van der Waals surface area contributed by atoms with Crippen LogP contribution in [-0.2, 0) is 22.6 Å². The summed E-state index contributed by atoms with van der Waals surface area (Å²) in [7, 11) is 0. The molecule has 0 saturated heterocycles. The van der Waals surface area contributed by atoms with Gasteiger partial charge in [0.15, 0.2) is 0 Å². The normalized spacial score (nSPS) is 25.0. The summed E-state index contributed by atoms with van der Waals surface area (Å²) in [6.07, 6.45) is 8.13. The molecular formula is C17H21NO2. The maximum atomic E-state index is 12.1. The molecule has 1 heterocycles. The molecule has 0 fully saturated rings. The monoisotopic (exact) mass is 271 g/mol. The highest BCUT2D eigenvalue weighted by atomic mass is 16.5. The maximum absolute atomic E-state index is 12.1. The summed E-state index contributed by atoms with van der Waals surface area (Å²) in [6.45, 7) is 1.27. The SMILES string of the molecule is O=C(NCC1Cc2ccccc2CO1)C1CC=CCC1. The van der Waals surface area contributed by atoms with Gasteiger partial charge in [0.25, 0.3) is 0 Å². The Bertz CT molecular complexity index is 509. The summed E-state index contributed by atoms with van der Waals surface area (Å²) in [5.41, 5.74) is 2.62. The number of benzene rings is 1. The van der Waals surface area contributed by atoms with Gasteiger partial charge in [0.2, 0.25) is 5.91 Å². The molecule has 1 N–H and O–H groups in total. The van der Waals surface area contributed by atoms with E-state index in [2.05, 4.69) is 35.7 Å². The highest BCUT2D eigenvalue weighted by Gasteiger charge is 2.22. The minimum absolute atomic E-state index is 0.105. The van der Waals surface area contributed by atoms with Crippen LogP contribution in [0.5, 0.6) is 0 Å². The van der Waals surface area contributed by atoms with Crippen LogP contribution < -0.4 is 5.32 Å². The first kappa shape index (κ1) is 13.4. The molecule has 2 atom stereocenters. The molecule has 0 bridgehead atoms. The van der Waals surface area contributed by atoms with Crippen molar-refractivity contribution >= 4 is 5.91 Å². The van der Waals surface area contributed by atoms with Crippen LogP contribution in [0.2, 0.25) is 0 Å². The molecule has 3 heteroatoms. The van der Waals surface area contributed by atoms with Gasteiger partial charge in [-0.15, -0.1) is 0 Å². The maximum Gasteiger partial charge on any atom is 0.223 e. The second-order valence-electron chi connectivity index (χ2n) is 5.63. The molecule has 3 nitrogen and oxygen atoms in total. The summed E-state index contributed by atoms with van der Waals surface area (Å²) in [4.78, 5) is 12.1. The lowest BCUT2D eigenvalue weighted by Gasteiger charge is -2.26. The number of carbonyl (C=O) groups is 1. The molecule has 1 aliphatic heterocycles. The fourth-order valence-corrected chi connectivity index (χ4v) is 2.93. The Hall–Kier alpha value is -1.61. The van der Waals surface area contributed by atoms with E-state index in [-0.39, 0.29) is 17.9 Å². The molecule has 1 amide bonds. The van der Waals surface area contributed by atoms with Crippen molar-refractivity contribution in [3.05, 3.63) is 47.5 Å². The van der Waals surface area contributed by atoms with Crippen molar-refractivity contribution < 1.29 is 9.53 Å². The third kappa shape index (κ3) is 3.10. The van der Waals surface area contributed by atoms with Crippen molar-refractivity contribution in [2.24, 2.45) is 5.92 Å². The molecule has 0 radical (unpaired) electrons. The van der Waals surface area contributed by atoms with E-state index < -0.39 is 0 Å². The second-order valence-corrected chi connectivity index (χ2v) is 5.63. The van der Waals surface area contributed by atoms with Crippen LogP contribution in [0, 0.1) is 5.92 Å². The number of ether oxygens (including phenoxy) is 1. The molecule has 20 heavy (non-hydrogen) atoms. The van der Waals surface area contributed by atoms with E-state index in [9.17, 15) is 4.79 Å². The Morgan fingerprint density at radius 3 is 2.90 bits per heavy atom. The smallest absolute Gasteiger partial charge is 0.223 e. The summed E-state index contributed by atoms with van der Waals surface area (Å²) in [5.74, 6) is 0.327. The van der Waals surface area contributed by atoms with E-state index in [1.165, 1.54) is 11.1 Å². The standard InChI is InChI=1S/C17H21NO2/c19-17(13-6-2-1-3-7-13)18-11-16-10-14-8-4-5-9-15(14)12-20-16/h1-2,4-5,8-9,13,16H,3,6-7,10-12H2,(H,18,19). The van der Waals surface area contributed by atoms with E-state index in [0.717, 1.165) is 25.7 Å². The topological polar surface area (TPSA) is 38.3 Å². The van der Waals surface area contributed by atoms with Gasteiger partial charge in [0, 0.05) is 18.9 Å². The predicted octanol–water partition coefficient (Wildman–Crippen LogP) is 2.60. The van der Waals surface area contributed by atoms with Gasteiger partial charge in [-0.2, -0.15) is 0 Å². The molecular weight excluding hydrogens is 250 g/mol. The average molecular weight is 271 g/mol. The van der Waals surface area contributed by atoms with Crippen molar-refractivity contribution in [2.45, 2.75) is 38.4 Å². The Morgan fingerprint density at radius 1 is 1.25 bits per heavy atom. The summed E-state index contributed by atoms with van der Waals surface area (Å²) in [5, 5.41) is 3.06. The Kier molecular flexibility index (Phi) is 4.16. The first-order valence-corrected chi connectivity index (χ1v) is 7.44. The highest BCUT2D eigenvalue weighted by Crippen LogP contribution is 2.21. The van der Waals surface area contributed by atoms with Crippen molar-refractivity contribution in [3.63, 3.8) is 0 Å². The van der Waals surface area contributed by atoms with Crippen molar-refractivity contribution in [3.8, 4) is 0 Å². The van der Waals surface area contributed by atoms with Gasteiger partial charge < -0.3 is 10.1 Å². The molecule has 2 aliphatic rings. The molecule has 1 aromatic rings. The Balaban J connectivity index is 1.50. The number of amides is 1. The van der Waals surface area contributed by atoms with Crippen LogP contribution in [0.3, 0.4) is 0 Å². The number of allylic oxidation sites excluding steroid dienone is 2. The second kappa shape index (κ2) is 6.23. The van der Waals surface area contributed by atoms with Crippen molar-refractivity contribution in [2.75, 3.05) is 6.54 Å². The molecule has 2 unspecified atom stereocenters. The van der Waals surface area contributed by atoms with Gasteiger partial charge in [0.1, 0.15) is 0 Å². The van der Waals surface area contributed by atoms with E-state index in [1.807, 2.05) is 6.07 Å². The lowest BCUT2D eigenvalue weighted by Crippen LogP contribution is -2.39. The van der Waals surface area contributed by atoms with Gasteiger partial charge in [-0.1, -0.05) is 36.4 Å². The molecule has 1 aromatic carbocycles. The Labute approximate surface area is 120 Å². The largest absolute Gasteiger partial charge is 0.371 e. The minimum atomic E-state index is 0.105. The van der Waals surface area contributed by atoms with Crippen molar-refractivity contribution in [1.29, 1.82) is 0 Å². The van der Waals surface area contributed by atoms with Gasteiger partial charge in [0.05, 0.1) is 12.7 Å². The number of hydrogen-bond donors (Lipinski definition) is 1. The summed E-state index contributed by atoms with van der Waals surface area (Å²) >= 11 is 0. The zero-order chi connectivity index (χ0) is 13.8. The van der Waals surface area contributed by atoms with Crippen LogP contribution in [0.25, 0.3) is 0 Å². The van der Waals surface area contributed by atoms with E-state index >= 15 is 0 Å². The van der Waals surface area contributed by atoms with Crippen molar-refractivity contribution in [1.82, 2.24) is 5.32 Å². The van der Waals surface area contributed by atoms with Crippen LogP contribution in [0.4, 0.5) is 0 Å². The number of nitrogens with one attached hydrogen (secondary N) is 1. The van der Waals surface area contributed by atoms with Crippen LogP contribution >= 0.6 is 0 Å². The van der Waals surface area contributed by atoms with Gasteiger partial charge in [-0.3, -0.25) is 4.79 Å². The first-order chi connectivity index (χ1) is 9.83. The summed E-state index contributed by atoms with van der Waals surface area (Å²) < 4.78 is 5.81. The molecule has 0 aromatic heterocycles. The van der Waals surface area contributed by atoms with Crippen LogP contribution in [-0.4, -0.2) is 18.6 Å². The highest BCUT2D eigenvalue weighted by molar-refractivity contribution is 5.79. The Morgan fingerprint density at radius 2 is 2.10 bits per heavy atom. The zero-order valence-corrected chi connectivity index (χ0v) is 11.7. The molecule has 0 saturated carbocycles. The molecule has 0 spiro atoms. The quantitative estimate of drug-likeness (QED) is 0.858. The number of carbonyl (C=O) groups excluding carboxylic acids is 1. The molecule has 106 valence electrons.